The first kappa shape index (κ1) is 20.7. The van der Waals surface area contributed by atoms with Gasteiger partial charge in [0.15, 0.2) is 17.5 Å². The van der Waals surface area contributed by atoms with Gasteiger partial charge in [0.05, 0.1) is 18.0 Å². The number of rotatable bonds is 6. The first-order chi connectivity index (χ1) is 12.7. The van der Waals surface area contributed by atoms with Crippen LogP contribution in [0.2, 0.25) is 0 Å². The predicted octanol–water partition coefficient (Wildman–Crippen LogP) is 3.57. The summed E-state index contributed by atoms with van der Waals surface area (Å²) in [7, 11) is 1.28. The number of carbonyl (C=O) groups is 2. The van der Waals surface area contributed by atoms with Crippen molar-refractivity contribution in [3.8, 4) is 0 Å². The molecule has 0 heterocycles. The molecule has 10 heteroatoms. The second-order valence-corrected chi connectivity index (χ2v) is 6.40. The minimum absolute atomic E-state index is 0.0615. The zero-order valence-electron chi connectivity index (χ0n) is 13.9. The molecule has 4 nitrogen and oxygen atoms in total. The molecule has 0 atom stereocenters. The highest BCUT2D eigenvalue weighted by molar-refractivity contribution is 8.00. The van der Waals surface area contributed by atoms with E-state index in [2.05, 4.69) is 0 Å². The van der Waals surface area contributed by atoms with Crippen LogP contribution in [0.3, 0.4) is 0 Å². The van der Waals surface area contributed by atoms with E-state index < -0.39 is 53.1 Å². The van der Waals surface area contributed by atoms with Crippen molar-refractivity contribution in [2.75, 3.05) is 24.7 Å². The topological polar surface area (TPSA) is 49.4 Å². The first-order valence-electron chi connectivity index (χ1n) is 7.44. The average Bonchev–Trinajstić information content (AvgIpc) is 2.61. The Labute approximate surface area is 155 Å². The second kappa shape index (κ2) is 8.85. The molecule has 0 saturated heterocycles. The molecule has 2 amide bonds. The van der Waals surface area contributed by atoms with Crippen LogP contribution >= 0.6 is 11.8 Å². The van der Waals surface area contributed by atoms with Crippen LogP contribution < -0.4 is 5.32 Å². The van der Waals surface area contributed by atoms with Gasteiger partial charge in [-0.05, 0) is 24.3 Å². The molecule has 0 aliphatic heterocycles. The lowest BCUT2D eigenvalue weighted by Gasteiger charge is -2.17. The van der Waals surface area contributed by atoms with Gasteiger partial charge in [-0.1, -0.05) is 0 Å². The molecule has 0 unspecified atom stereocenters. The fourth-order valence-electron chi connectivity index (χ4n) is 1.96. The third-order valence-electron chi connectivity index (χ3n) is 3.36. The Hall–Kier alpha value is -2.62. The molecule has 0 radical (unpaired) electrons. The van der Waals surface area contributed by atoms with E-state index in [9.17, 15) is 31.5 Å². The van der Waals surface area contributed by atoms with E-state index in [0.29, 0.717) is 12.1 Å². The van der Waals surface area contributed by atoms with E-state index in [4.69, 9.17) is 0 Å². The van der Waals surface area contributed by atoms with Crippen LogP contribution in [0.15, 0.2) is 35.2 Å². The summed E-state index contributed by atoms with van der Waals surface area (Å²) in [5, 5.41) is 2.03. The molecule has 1 N–H and O–H groups in total. The van der Waals surface area contributed by atoms with Crippen molar-refractivity contribution in [2.24, 2.45) is 0 Å². The van der Waals surface area contributed by atoms with Crippen molar-refractivity contribution in [3.63, 3.8) is 0 Å². The largest absolute Gasteiger partial charge is 0.336 e. The highest BCUT2D eigenvalue weighted by atomic mass is 32.2. The molecule has 0 fully saturated rings. The molecule has 2 rings (SSSR count). The lowest BCUT2D eigenvalue weighted by molar-refractivity contribution is -0.131. The number of thioether (sulfide) groups is 1. The van der Waals surface area contributed by atoms with Crippen molar-refractivity contribution >= 4 is 29.3 Å². The molecular formula is C17H13F5N2O2S. The van der Waals surface area contributed by atoms with Crippen molar-refractivity contribution in [2.45, 2.75) is 4.90 Å². The number of benzene rings is 2. The molecule has 0 spiro atoms. The standard InChI is InChI=1S/C17H13F5N2O2S/c1-24(15(26)8-27-13-5-2-9(18)6-11(13)20)7-14(25)23-12-4-3-10(19)16(21)17(12)22/h2-6H,7-8H2,1H3,(H,23,25). The van der Waals surface area contributed by atoms with Crippen molar-refractivity contribution in [1.82, 2.24) is 4.90 Å². The lowest BCUT2D eigenvalue weighted by atomic mass is 10.2. The predicted molar refractivity (Wildman–Crippen MR) is 89.7 cm³/mol. The molecule has 144 valence electrons. The monoisotopic (exact) mass is 404 g/mol. The number of nitrogens with zero attached hydrogens (tertiary/aromatic N) is 1. The highest BCUT2D eigenvalue weighted by Gasteiger charge is 2.18. The number of nitrogens with one attached hydrogen (secondary N) is 1. The molecule has 0 aromatic heterocycles. The Morgan fingerprint density at radius 3 is 2.37 bits per heavy atom. The van der Waals surface area contributed by atoms with Gasteiger partial charge in [0.2, 0.25) is 11.8 Å². The minimum Gasteiger partial charge on any atom is -0.336 e. The number of carbonyl (C=O) groups excluding carboxylic acids is 2. The Balaban J connectivity index is 1.90. The number of halogens is 5. The second-order valence-electron chi connectivity index (χ2n) is 5.38. The SMILES string of the molecule is CN(CC(=O)Nc1ccc(F)c(F)c1F)C(=O)CSc1ccc(F)cc1F. The summed E-state index contributed by atoms with van der Waals surface area (Å²) < 4.78 is 65.8. The number of anilines is 1. The molecule has 2 aromatic rings. The van der Waals surface area contributed by atoms with Crippen LogP contribution in [0, 0.1) is 29.1 Å². The van der Waals surface area contributed by atoms with E-state index in [1.54, 1.807) is 0 Å². The van der Waals surface area contributed by atoms with Gasteiger partial charge >= 0.3 is 0 Å². The zero-order valence-corrected chi connectivity index (χ0v) is 14.7. The average molecular weight is 404 g/mol. The third-order valence-corrected chi connectivity index (χ3v) is 4.39. The molecular weight excluding hydrogens is 391 g/mol. The van der Waals surface area contributed by atoms with E-state index in [1.807, 2.05) is 5.32 Å². The highest BCUT2D eigenvalue weighted by Crippen LogP contribution is 2.23. The van der Waals surface area contributed by atoms with Gasteiger partial charge in [-0.15, -0.1) is 11.8 Å². The van der Waals surface area contributed by atoms with Crippen LogP contribution in [-0.2, 0) is 9.59 Å². The molecule has 0 aliphatic rings. The molecule has 2 aromatic carbocycles. The number of hydrogen-bond acceptors (Lipinski definition) is 3. The van der Waals surface area contributed by atoms with Crippen LogP contribution in [0.5, 0.6) is 0 Å². The maximum absolute atomic E-state index is 13.5. The third kappa shape index (κ3) is 5.43. The van der Waals surface area contributed by atoms with E-state index in [0.717, 1.165) is 28.8 Å². The maximum Gasteiger partial charge on any atom is 0.244 e. The fourth-order valence-corrected chi connectivity index (χ4v) is 2.82. The van der Waals surface area contributed by atoms with Crippen LogP contribution in [0.4, 0.5) is 27.6 Å². The van der Waals surface area contributed by atoms with Gasteiger partial charge in [-0.2, -0.15) is 0 Å². The van der Waals surface area contributed by atoms with E-state index >= 15 is 0 Å². The normalized spacial score (nSPS) is 10.6. The first-order valence-corrected chi connectivity index (χ1v) is 8.42. The summed E-state index contributed by atoms with van der Waals surface area (Å²) in [4.78, 5) is 24.9. The Morgan fingerprint density at radius 2 is 1.70 bits per heavy atom. The summed E-state index contributed by atoms with van der Waals surface area (Å²) in [6.45, 7) is -0.496. The maximum atomic E-state index is 13.5. The van der Waals surface area contributed by atoms with Gasteiger partial charge in [-0.25, -0.2) is 22.0 Å². The van der Waals surface area contributed by atoms with Gasteiger partial charge < -0.3 is 10.2 Å². The number of amides is 2. The van der Waals surface area contributed by atoms with E-state index in [1.165, 1.54) is 13.1 Å². The number of hydrogen-bond donors (Lipinski definition) is 1. The Bertz CT molecular complexity index is 879. The van der Waals surface area contributed by atoms with Crippen molar-refractivity contribution in [1.29, 1.82) is 0 Å². The lowest BCUT2D eigenvalue weighted by Crippen LogP contribution is -2.36. The van der Waals surface area contributed by atoms with Crippen molar-refractivity contribution < 1.29 is 31.5 Å². The van der Waals surface area contributed by atoms with Crippen LogP contribution in [-0.4, -0.2) is 36.1 Å². The zero-order chi connectivity index (χ0) is 20.1. The van der Waals surface area contributed by atoms with E-state index in [-0.39, 0.29) is 10.6 Å². The van der Waals surface area contributed by atoms with Gasteiger partial charge in [0.25, 0.3) is 0 Å². The minimum atomic E-state index is -1.73. The van der Waals surface area contributed by atoms with Gasteiger partial charge in [0, 0.05) is 18.0 Å². The molecule has 0 bridgehead atoms. The van der Waals surface area contributed by atoms with Crippen LogP contribution in [0.1, 0.15) is 0 Å². The van der Waals surface area contributed by atoms with Gasteiger partial charge in [-0.3, -0.25) is 9.59 Å². The fraction of sp³-hybridized carbons (Fsp3) is 0.176. The summed E-state index contributed by atoms with van der Waals surface area (Å²) >= 11 is 0.813. The molecule has 0 saturated carbocycles. The summed E-state index contributed by atoms with van der Waals surface area (Å²) in [5.74, 6) is -7.87. The van der Waals surface area contributed by atoms with Crippen LogP contribution in [0.25, 0.3) is 0 Å². The Kier molecular flexibility index (Phi) is 6.78. The smallest absolute Gasteiger partial charge is 0.244 e. The Morgan fingerprint density at radius 1 is 1.00 bits per heavy atom. The van der Waals surface area contributed by atoms with Gasteiger partial charge in [0.1, 0.15) is 11.6 Å². The van der Waals surface area contributed by atoms with Crippen molar-refractivity contribution in [3.05, 3.63) is 59.4 Å². The summed E-state index contributed by atoms with van der Waals surface area (Å²) in [6, 6.07) is 4.41. The summed E-state index contributed by atoms with van der Waals surface area (Å²) in [6.07, 6.45) is 0. The molecule has 0 aliphatic carbocycles. The number of likely N-dealkylation sites (N-methyl/N-ethyl adjacent to an activating group) is 1. The summed E-state index contributed by atoms with van der Waals surface area (Å²) in [5.41, 5.74) is -0.567. The molecule has 27 heavy (non-hydrogen) atoms. The quantitative estimate of drug-likeness (QED) is 0.455.